The minimum absolute atomic E-state index is 0.0683. The van der Waals surface area contributed by atoms with E-state index in [1.54, 1.807) is 48.4 Å². The first-order chi connectivity index (χ1) is 17.5. The number of carbonyl (C=O) groups excluding carboxylic acids is 1. The van der Waals surface area contributed by atoms with Gasteiger partial charge in [-0.2, -0.15) is 0 Å². The minimum atomic E-state index is -0.177. The molecule has 0 spiro atoms. The Bertz CT molecular complexity index is 1590. The normalized spacial score (nSPS) is 10.9. The Balaban J connectivity index is 1.55. The number of hydrogen-bond donors (Lipinski definition) is 2. The van der Waals surface area contributed by atoms with Crippen molar-refractivity contribution in [3.8, 4) is 28.1 Å². The van der Waals surface area contributed by atoms with Gasteiger partial charge >= 0.3 is 0 Å². The van der Waals surface area contributed by atoms with E-state index in [0.717, 1.165) is 27.9 Å². The van der Waals surface area contributed by atoms with E-state index in [1.807, 2.05) is 60.7 Å². The highest BCUT2D eigenvalue weighted by molar-refractivity contribution is 5.94. The highest BCUT2D eigenvalue weighted by Crippen LogP contribution is 2.33. The molecule has 6 nitrogen and oxygen atoms in total. The van der Waals surface area contributed by atoms with Crippen LogP contribution in [-0.2, 0) is 11.3 Å². The summed E-state index contributed by atoms with van der Waals surface area (Å²) in [5.41, 5.74) is 5.35. The number of phenols is 1. The SMILES string of the molecule is CCC(=O)N(Cc1ccc(-c2nc3cc[nH]c(=O)c3cc2-c2ccccc2)cc1)c1ccccc1O. The molecule has 2 N–H and O–H groups in total. The van der Waals surface area contributed by atoms with Gasteiger partial charge in [0.25, 0.3) is 5.56 Å². The molecule has 0 saturated carbocycles. The van der Waals surface area contributed by atoms with Crippen molar-refractivity contribution < 1.29 is 9.90 Å². The zero-order valence-corrected chi connectivity index (χ0v) is 19.8. The van der Waals surface area contributed by atoms with Gasteiger partial charge in [0.05, 0.1) is 28.8 Å². The monoisotopic (exact) mass is 475 g/mol. The maximum Gasteiger partial charge on any atom is 0.257 e. The van der Waals surface area contributed by atoms with Crippen LogP contribution in [0.2, 0.25) is 0 Å². The Morgan fingerprint density at radius 1 is 0.917 bits per heavy atom. The topological polar surface area (TPSA) is 86.3 Å². The maximum absolute atomic E-state index is 12.7. The number of pyridine rings is 2. The van der Waals surface area contributed by atoms with Crippen molar-refractivity contribution >= 4 is 22.5 Å². The van der Waals surface area contributed by atoms with E-state index in [0.29, 0.717) is 29.6 Å². The van der Waals surface area contributed by atoms with Gasteiger partial charge < -0.3 is 15.0 Å². The second-order valence-corrected chi connectivity index (χ2v) is 8.51. The van der Waals surface area contributed by atoms with Crippen molar-refractivity contribution in [3.63, 3.8) is 0 Å². The number of H-pyrrole nitrogens is 1. The first-order valence-electron chi connectivity index (χ1n) is 11.8. The van der Waals surface area contributed by atoms with E-state index in [2.05, 4.69) is 4.98 Å². The summed E-state index contributed by atoms with van der Waals surface area (Å²) < 4.78 is 0. The molecule has 3 aromatic carbocycles. The minimum Gasteiger partial charge on any atom is -0.506 e. The highest BCUT2D eigenvalue weighted by atomic mass is 16.3. The van der Waals surface area contributed by atoms with Crippen LogP contribution < -0.4 is 10.5 Å². The Morgan fingerprint density at radius 2 is 1.64 bits per heavy atom. The number of aromatic nitrogens is 2. The third-order valence-corrected chi connectivity index (χ3v) is 6.18. The molecule has 0 aliphatic rings. The number of aromatic amines is 1. The van der Waals surface area contributed by atoms with E-state index < -0.39 is 0 Å². The molecule has 5 aromatic rings. The quantitative estimate of drug-likeness (QED) is 0.320. The van der Waals surface area contributed by atoms with Gasteiger partial charge in [-0.1, -0.05) is 73.7 Å². The van der Waals surface area contributed by atoms with Crippen molar-refractivity contribution in [2.75, 3.05) is 4.90 Å². The van der Waals surface area contributed by atoms with Crippen LogP contribution >= 0.6 is 0 Å². The summed E-state index contributed by atoms with van der Waals surface area (Å²) in [6.45, 7) is 2.14. The number of benzene rings is 3. The van der Waals surface area contributed by atoms with Crippen LogP contribution in [0.25, 0.3) is 33.3 Å². The summed E-state index contributed by atoms with van der Waals surface area (Å²) in [5.74, 6) is -0.00729. The average molecular weight is 476 g/mol. The molecule has 5 rings (SSSR count). The van der Waals surface area contributed by atoms with E-state index >= 15 is 0 Å². The smallest absolute Gasteiger partial charge is 0.257 e. The van der Waals surface area contributed by atoms with E-state index in [1.165, 1.54) is 0 Å². The van der Waals surface area contributed by atoms with Crippen LogP contribution in [0.3, 0.4) is 0 Å². The zero-order valence-electron chi connectivity index (χ0n) is 19.8. The van der Waals surface area contributed by atoms with Gasteiger partial charge in [0, 0.05) is 23.7 Å². The molecule has 36 heavy (non-hydrogen) atoms. The van der Waals surface area contributed by atoms with Crippen LogP contribution in [-0.4, -0.2) is 21.0 Å². The number of rotatable bonds is 6. The van der Waals surface area contributed by atoms with Crippen molar-refractivity contribution in [1.82, 2.24) is 9.97 Å². The van der Waals surface area contributed by atoms with Crippen LogP contribution in [0.4, 0.5) is 5.69 Å². The molecular weight excluding hydrogens is 450 g/mol. The van der Waals surface area contributed by atoms with Gasteiger partial charge in [-0.3, -0.25) is 9.59 Å². The molecule has 0 saturated heterocycles. The Labute approximate surface area is 208 Å². The van der Waals surface area contributed by atoms with Crippen molar-refractivity contribution in [2.24, 2.45) is 0 Å². The van der Waals surface area contributed by atoms with Crippen LogP contribution in [0.5, 0.6) is 5.75 Å². The molecule has 0 atom stereocenters. The summed E-state index contributed by atoms with van der Waals surface area (Å²) in [6.07, 6.45) is 1.93. The molecule has 2 heterocycles. The van der Waals surface area contributed by atoms with Gasteiger partial charge in [-0.25, -0.2) is 4.98 Å². The lowest BCUT2D eigenvalue weighted by atomic mass is 9.97. The van der Waals surface area contributed by atoms with Crippen molar-refractivity contribution in [2.45, 2.75) is 19.9 Å². The summed E-state index contributed by atoms with van der Waals surface area (Å²) >= 11 is 0. The molecule has 0 fully saturated rings. The van der Waals surface area contributed by atoms with Crippen molar-refractivity contribution in [1.29, 1.82) is 0 Å². The fourth-order valence-electron chi connectivity index (χ4n) is 4.31. The number of nitrogens with one attached hydrogen (secondary N) is 1. The highest BCUT2D eigenvalue weighted by Gasteiger charge is 2.18. The van der Waals surface area contributed by atoms with E-state index in [-0.39, 0.29) is 17.2 Å². The summed E-state index contributed by atoms with van der Waals surface area (Å²) in [6, 6.07) is 28.3. The largest absolute Gasteiger partial charge is 0.506 e. The maximum atomic E-state index is 12.7. The van der Waals surface area contributed by atoms with Gasteiger partial charge in [-0.05, 0) is 35.4 Å². The fraction of sp³-hybridized carbons (Fsp3) is 0.100. The number of phenolic OH excluding ortho intramolecular Hbond substituents is 1. The molecule has 0 bridgehead atoms. The zero-order chi connectivity index (χ0) is 25.1. The van der Waals surface area contributed by atoms with Gasteiger partial charge in [-0.15, -0.1) is 0 Å². The van der Waals surface area contributed by atoms with E-state index in [9.17, 15) is 14.7 Å². The second kappa shape index (κ2) is 9.88. The molecule has 2 aromatic heterocycles. The van der Waals surface area contributed by atoms with Gasteiger partial charge in [0.1, 0.15) is 5.75 Å². The average Bonchev–Trinajstić information content (AvgIpc) is 2.92. The number of carbonyl (C=O) groups is 1. The van der Waals surface area contributed by atoms with Crippen LogP contribution in [0.15, 0.2) is 102 Å². The molecule has 1 amide bonds. The second-order valence-electron chi connectivity index (χ2n) is 8.51. The first kappa shape index (κ1) is 23.1. The molecule has 0 aliphatic carbocycles. The molecule has 0 radical (unpaired) electrons. The summed E-state index contributed by atoms with van der Waals surface area (Å²) in [7, 11) is 0. The lowest BCUT2D eigenvalue weighted by Crippen LogP contribution is -2.29. The number of fused-ring (bicyclic) bond motifs is 1. The third-order valence-electron chi connectivity index (χ3n) is 6.18. The molecule has 6 heteroatoms. The molecular formula is C30H25N3O3. The number of aromatic hydroxyl groups is 1. The number of nitrogens with zero attached hydrogens (tertiary/aromatic N) is 2. The fourth-order valence-corrected chi connectivity index (χ4v) is 4.31. The summed E-state index contributed by atoms with van der Waals surface area (Å²) in [4.78, 5) is 34.3. The Morgan fingerprint density at radius 3 is 2.36 bits per heavy atom. The predicted molar refractivity (Wildman–Crippen MR) is 143 cm³/mol. The first-order valence-corrected chi connectivity index (χ1v) is 11.8. The standard InChI is InChI=1S/C30H25N3O3/c1-2-28(35)33(26-10-6-7-11-27(26)34)19-20-12-14-22(15-13-20)29-23(21-8-4-3-5-9-21)18-24-25(32-29)16-17-31-30(24)36/h3-18,34H,2,19H2,1H3,(H,31,36). The molecule has 0 unspecified atom stereocenters. The van der Waals surface area contributed by atoms with Gasteiger partial charge in [0.15, 0.2) is 0 Å². The van der Waals surface area contributed by atoms with Crippen LogP contribution in [0.1, 0.15) is 18.9 Å². The van der Waals surface area contributed by atoms with Crippen molar-refractivity contribution in [3.05, 3.63) is 113 Å². The predicted octanol–water partition coefficient (Wildman–Crippen LogP) is 5.91. The van der Waals surface area contributed by atoms with Crippen LogP contribution in [0, 0.1) is 0 Å². The van der Waals surface area contributed by atoms with Gasteiger partial charge in [0.2, 0.25) is 5.91 Å². The number of amides is 1. The molecule has 178 valence electrons. The lowest BCUT2D eigenvalue weighted by molar-refractivity contribution is -0.118. The Kier molecular flexibility index (Phi) is 6.33. The Hall–Kier alpha value is -4.71. The number of hydrogen-bond acceptors (Lipinski definition) is 4. The number of para-hydroxylation sites is 2. The summed E-state index contributed by atoms with van der Waals surface area (Å²) in [5, 5.41) is 10.8. The van der Waals surface area contributed by atoms with E-state index in [4.69, 9.17) is 4.98 Å². The number of anilines is 1. The third kappa shape index (κ3) is 4.49. The lowest BCUT2D eigenvalue weighted by Gasteiger charge is -2.23. The molecule has 0 aliphatic heterocycles.